The number of benzene rings is 1. The summed E-state index contributed by atoms with van der Waals surface area (Å²) in [6.45, 7) is 3.65. The van der Waals surface area contributed by atoms with Gasteiger partial charge < -0.3 is 5.73 Å². The number of nitrogens with two attached hydrogens (primary N) is 1. The molecule has 0 aliphatic rings. The van der Waals surface area contributed by atoms with Crippen molar-refractivity contribution >= 4 is 50.7 Å². The lowest BCUT2D eigenvalue weighted by Crippen LogP contribution is -2.42. The van der Waals surface area contributed by atoms with Gasteiger partial charge in [-0.05, 0) is 30.5 Å². The van der Waals surface area contributed by atoms with Crippen molar-refractivity contribution in [3.63, 3.8) is 0 Å². The summed E-state index contributed by atoms with van der Waals surface area (Å²) < 4.78 is 0.901. The third-order valence-corrected chi connectivity index (χ3v) is 6.40. The van der Waals surface area contributed by atoms with Crippen LogP contribution in [0.25, 0.3) is 21.3 Å². The van der Waals surface area contributed by atoms with E-state index in [0.717, 1.165) is 15.0 Å². The number of rotatable bonds is 5. The predicted molar refractivity (Wildman–Crippen MR) is 110 cm³/mol. The number of fused-ring (bicyclic) bond motifs is 1. The number of aromatic amines is 1. The molecular formula is C18H17Cl2N3O3S. The zero-order valence-electron chi connectivity index (χ0n) is 14.6. The maximum atomic E-state index is 13.2. The third-order valence-electron chi connectivity index (χ3n) is 4.41. The second-order valence-corrected chi connectivity index (χ2v) is 7.94. The van der Waals surface area contributed by atoms with Crippen LogP contribution in [0.4, 0.5) is 0 Å². The molecule has 1 aromatic carbocycles. The Morgan fingerprint density at radius 2 is 1.96 bits per heavy atom. The fourth-order valence-electron chi connectivity index (χ4n) is 3.14. The van der Waals surface area contributed by atoms with E-state index in [1.807, 2.05) is 6.92 Å². The molecule has 6 nitrogen and oxygen atoms in total. The van der Waals surface area contributed by atoms with Crippen LogP contribution in [0.5, 0.6) is 0 Å². The van der Waals surface area contributed by atoms with Crippen LogP contribution in [-0.4, -0.2) is 15.5 Å². The van der Waals surface area contributed by atoms with Crippen molar-refractivity contribution in [1.82, 2.24) is 9.55 Å². The molecule has 2 heterocycles. The fourth-order valence-corrected chi connectivity index (χ4v) is 4.58. The van der Waals surface area contributed by atoms with Crippen molar-refractivity contribution in [2.75, 3.05) is 0 Å². The highest BCUT2D eigenvalue weighted by Gasteiger charge is 2.25. The van der Waals surface area contributed by atoms with Gasteiger partial charge in [-0.3, -0.25) is 14.6 Å². The lowest BCUT2D eigenvalue weighted by Gasteiger charge is -2.13. The summed E-state index contributed by atoms with van der Waals surface area (Å²) in [4.78, 5) is 41.5. The minimum atomic E-state index is -1.02. The van der Waals surface area contributed by atoms with E-state index >= 15 is 0 Å². The summed E-state index contributed by atoms with van der Waals surface area (Å²) in [5.74, 6) is -0.730. The Labute approximate surface area is 168 Å². The van der Waals surface area contributed by atoms with Gasteiger partial charge >= 0.3 is 5.69 Å². The summed E-state index contributed by atoms with van der Waals surface area (Å²) in [5, 5.41) is 1.11. The number of nitrogens with zero attached hydrogens (tertiary/aromatic N) is 1. The molecule has 0 fully saturated rings. The Hall–Kier alpha value is -2.09. The number of nitrogens with one attached hydrogen (secondary N) is 1. The van der Waals surface area contributed by atoms with Gasteiger partial charge in [0.1, 0.15) is 10.9 Å². The zero-order chi connectivity index (χ0) is 19.9. The predicted octanol–water partition coefficient (Wildman–Crippen LogP) is 3.72. The monoisotopic (exact) mass is 425 g/mol. The molecule has 2 aromatic heterocycles. The number of thiophene rings is 1. The SMILES string of the molecule is CCc1sc2[nH]c(=O)n(C(CC)C(N)=O)c(=O)c2c1-c1ccc(Cl)c(Cl)c1. The van der Waals surface area contributed by atoms with E-state index in [1.54, 1.807) is 25.1 Å². The molecule has 1 atom stereocenters. The topological polar surface area (TPSA) is 97.9 Å². The fraction of sp³-hybridized carbons (Fsp3) is 0.278. The molecule has 0 saturated carbocycles. The van der Waals surface area contributed by atoms with Gasteiger partial charge in [-0.2, -0.15) is 0 Å². The molecule has 142 valence electrons. The van der Waals surface area contributed by atoms with Crippen LogP contribution in [0, 0.1) is 0 Å². The normalized spacial score (nSPS) is 12.4. The van der Waals surface area contributed by atoms with E-state index in [1.165, 1.54) is 11.3 Å². The number of aryl methyl sites for hydroxylation is 1. The van der Waals surface area contributed by atoms with Crippen LogP contribution in [0.3, 0.4) is 0 Å². The molecule has 0 aliphatic carbocycles. The number of carbonyl (C=O) groups is 1. The van der Waals surface area contributed by atoms with Crippen molar-refractivity contribution in [2.24, 2.45) is 5.73 Å². The van der Waals surface area contributed by atoms with Gasteiger partial charge in [0.05, 0.1) is 15.4 Å². The lowest BCUT2D eigenvalue weighted by molar-refractivity contribution is -0.121. The number of hydrogen-bond acceptors (Lipinski definition) is 4. The molecule has 3 N–H and O–H groups in total. The quantitative estimate of drug-likeness (QED) is 0.651. The molecule has 3 aromatic rings. The van der Waals surface area contributed by atoms with Gasteiger partial charge in [0.2, 0.25) is 5.91 Å². The first kappa shape index (κ1) is 19.7. The van der Waals surface area contributed by atoms with E-state index in [-0.39, 0.29) is 6.42 Å². The van der Waals surface area contributed by atoms with E-state index < -0.39 is 23.2 Å². The summed E-state index contributed by atoms with van der Waals surface area (Å²) >= 11 is 13.5. The molecular weight excluding hydrogens is 409 g/mol. The largest absolute Gasteiger partial charge is 0.368 e. The Morgan fingerprint density at radius 3 is 2.52 bits per heavy atom. The van der Waals surface area contributed by atoms with Crippen LogP contribution < -0.4 is 17.0 Å². The third kappa shape index (κ3) is 3.31. The van der Waals surface area contributed by atoms with Gasteiger partial charge in [0, 0.05) is 10.4 Å². The molecule has 1 unspecified atom stereocenters. The van der Waals surface area contributed by atoms with E-state index in [4.69, 9.17) is 28.9 Å². The maximum absolute atomic E-state index is 13.2. The van der Waals surface area contributed by atoms with Crippen LogP contribution in [0.1, 0.15) is 31.2 Å². The second kappa shape index (κ2) is 7.50. The summed E-state index contributed by atoms with van der Waals surface area (Å²) in [6.07, 6.45) is 0.889. The Balaban J connectivity index is 2.43. The van der Waals surface area contributed by atoms with E-state index in [2.05, 4.69) is 4.98 Å². The van der Waals surface area contributed by atoms with Crippen LogP contribution in [0.2, 0.25) is 10.0 Å². The van der Waals surface area contributed by atoms with Gasteiger partial charge in [-0.25, -0.2) is 9.36 Å². The molecule has 0 bridgehead atoms. The number of hydrogen-bond donors (Lipinski definition) is 2. The standard InChI is InChI=1S/C18H17Cl2N3O3S/c1-3-11(15(21)24)23-17(25)14-13(8-5-6-9(19)10(20)7-8)12(4-2)27-16(14)22-18(23)26/h5-7,11H,3-4H2,1-2H3,(H2,21,24)(H,22,26). The minimum Gasteiger partial charge on any atom is -0.368 e. The van der Waals surface area contributed by atoms with Crippen LogP contribution >= 0.6 is 34.5 Å². The maximum Gasteiger partial charge on any atom is 0.330 e. The average molecular weight is 426 g/mol. The molecule has 0 spiro atoms. The first-order valence-electron chi connectivity index (χ1n) is 8.35. The minimum absolute atomic E-state index is 0.233. The number of aromatic nitrogens is 2. The first-order valence-corrected chi connectivity index (χ1v) is 9.92. The van der Waals surface area contributed by atoms with E-state index in [0.29, 0.717) is 32.2 Å². The smallest absolute Gasteiger partial charge is 0.330 e. The Morgan fingerprint density at radius 1 is 1.26 bits per heavy atom. The molecule has 3 rings (SSSR count). The number of carbonyl (C=O) groups excluding carboxylic acids is 1. The van der Waals surface area contributed by atoms with E-state index in [9.17, 15) is 14.4 Å². The summed E-state index contributed by atoms with van der Waals surface area (Å²) in [5.41, 5.74) is 5.61. The van der Waals surface area contributed by atoms with Gasteiger partial charge in [0.25, 0.3) is 5.56 Å². The van der Waals surface area contributed by atoms with Crippen molar-refractivity contribution in [1.29, 1.82) is 0 Å². The zero-order valence-corrected chi connectivity index (χ0v) is 17.0. The molecule has 0 radical (unpaired) electrons. The average Bonchev–Trinajstić information content (AvgIpc) is 2.99. The molecule has 0 aliphatic heterocycles. The summed E-state index contributed by atoms with van der Waals surface area (Å²) in [7, 11) is 0. The molecule has 9 heteroatoms. The van der Waals surface area contributed by atoms with Crippen LogP contribution in [-0.2, 0) is 11.2 Å². The molecule has 27 heavy (non-hydrogen) atoms. The number of halogens is 2. The highest BCUT2D eigenvalue weighted by atomic mass is 35.5. The first-order chi connectivity index (χ1) is 12.8. The van der Waals surface area contributed by atoms with Gasteiger partial charge in [0.15, 0.2) is 0 Å². The Kier molecular flexibility index (Phi) is 5.46. The van der Waals surface area contributed by atoms with Crippen molar-refractivity contribution in [2.45, 2.75) is 32.7 Å². The van der Waals surface area contributed by atoms with Crippen LogP contribution in [0.15, 0.2) is 27.8 Å². The highest BCUT2D eigenvalue weighted by Crippen LogP contribution is 2.38. The van der Waals surface area contributed by atoms with Crippen molar-refractivity contribution in [3.8, 4) is 11.1 Å². The highest BCUT2D eigenvalue weighted by molar-refractivity contribution is 7.19. The van der Waals surface area contributed by atoms with Crippen molar-refractivity contribution < 1.29 is 4.79 Å². The lowest BCUT2D eigenvalue weighted by atomic mass is 10.0. The second-order valence-electron chi connectivity index (χ2n) is 6.02. The Bertz CT molecular complexity index is 1160. The molecule has 0 saturated heterocycles. The number of amides is 1. The molecule has 1 amide bonds. The summed E-state index contributed by atoms with van der Waals surface area (Å²) in [6, 6.07) is 4.10. The van der Waals surface area contributed by atoms with Gasteiger partial charge in [-0.1, -0.05) is 43.1 Å². The van der Waals surface area contributed by atoms with Gasteiger partial charge in [-0.15, -0.1) is 11.3 Å². The number of primary amides is 1. The van der Waals surface area contributed by atoms with Crippen molar-refractivity contribution in [3.05, 3.63) is 54.0 Å². The number of H-pyrrole nitrogens is 1.